The molecule has 1 fully saturated rings. The molecule has 1 aliphatic carbocycles. The molecule has 0 spiro atoms. The van der Waals surface area contributed by atoms with E-state index < -0.39 is 0 Å². The first-order chi connectivity index (χ1) is 10.2. The molecule has 0 amide bonds. The number of ketones is 1. The Labute approximate surface area is 127 Å². The van der Waals surface area contributed by atoms with Gasteiger partial charge < -0.3 is 15.8 Å². The van der Waals surface area contributed by atoms with Crippen molar-refractivity contribution >= 4 is 27.8 Å². The van der Waals surface area contributed by atoms with Crippen LogP contribution in [0.15, 0.2) is 30.3 Å². The molecule has 0 atom stereocenters. The van der Waals surface area contributed by atoms with E-state index in [9.17, 15) is 4.79 Å². The fourth-order valence-electron chi connectivity index (χ4n) is 2.19. The smallest absolute Gasteiger partial charge is 0.178 e. The van der Waals surface area contributed by atoms with Crippen molar-refractivity contribution in [3.63, 3.8) is 0 Å². The molecule has 3 rings (SSSR count). The molecule has 0 unspecified atom stereocenters. The predicted molar refractivity (Wildman–Crippen MR) is 86.1 cm³/mol. The van der Waals surface area contributed by atoms with Gasteiger partial charge in [0.25, 0.3) is 0 Å². The summed E-state index contributed by atoms with van der Waals surface area (Å²) in [6, 6.07) is 9.74. The Morgan fingerprint density at radius 1 is 1.43 bits per heavy atom. The molecule has 1 saturated carbocycles. The Balaban J connectivity index is 1.67. The maximum atomic E-state index is 12.1. The number of ether oxygens (including phenoxy) is 1. The van der Waals surface area contributed by atoms with Crippen molar-refractivity contribution in [2.75, 3.05) is 18.2 Å². The van der Waals surface area contributed by atoms with Crippen LogP contribution in [0.25, 0.3) is 0 Å². The minimum atomic E-state index is 0.201. The first-order valence-electron chi connectivity index (χ1n) is 6.97. The summed E-state index contributed by atoms with van der Waals surface area (Å²) in [5.74, 6) is 1.24. The minimum Gasteiger partial charge on any atom is -0.497 e. The molecule has 0 saturated heterocycles. The molecule has 1 aromatic carbocycles. The van der Waals surface area contributed by atoms with E-state index in [0.717, 1.165) is 29.2 Å². The highest BCUT2D eigenvalue weighted by Crippen LogP contribution is 2.38. The predicted octanol–water partition coefficient (Wildman–Crippen LogP) is 3.54. The highest BCUT2D eigenvalue weighted by molar-refractivity contribution is 7.18. The van der Waals surface area contributed by atoms with Gasteiger partial charge in [0.2, 0.25) is 0 Å². The second kappa shape index (κ2) is 5.77. The Morgan fingerprint density at radius 2 is 2.24 bits per heavy atom. The summed E-state index contributed by atoms with van der Waals surface area (Å²) >= 11 is 1.45. The summed E-state index contributed by atoms with van der Waals surface area (Å²) in [4.78, 5) is 12.8. The van der Waals surface area contributed by atoms with Crippen molar-refractivity contribution in [3.8, 4) is 5.75 Å². The van der Waals surface area contributed by atoms with Crippen molar-refractivity contribution in [1.29, 1.82) is 0 Å². The number of thiophene rings is 1. The lowest BCUT2D eigenvalue weighted by Crippen LogP contribution is -2.01. The number of nitrogen functional groups attached to an aromatic ring is 1. The Bertz CT molecular complexity index is 662. The van der Waals surface area contributed by atoms with E-state index in [1.54, 1.807) is 7.11 Å². The summed E-state index contributed by atoms with van der Waals surface area (Å²) in [5, 5.41) is 4.25. The second-order valence-corrected chi connectivity index (χ2v) is 6.29. The number of Topliss-reactive ketones (excluding diaryl/α,β-unsaturated/α-hetero) is 1. The highest BCUT2D eigenvalue weighted by atomic mass is 32.1. The van der Waals surface area contributed by atoms with Gasteiger partial charge in [0.15, 0.2) is 5.78 Å². The number of benzene rings is 1. The van der Waals surface area contributed by atoms with Crippen molar-refractivity contribution in [3.05, 3.63) is 40.8 Å². The molecular formula is C16H18N2O2S. The lowest BCUT2D eigenvalue weighted by molar-refractivity contribution is 0.0972. The number of nitrogens with one attached hydrogen (secondary N) is 1. The SMILES string of the molecule is COc1cccc(CNc2cc(N)c(C(=O)C3CC3)s2)c1. The van der Waals surface area contributed by atoms with Gasteiger partial charge in [-0.1, -0.05) is 12.1 Å². The number of hydrogen-bond donors (Lipinski definition) is 2. The molecule has 21 heavy (non-hydrogen) atoms. The first kappa shape index (κ1) is 13.9. The topological polar surface area (TPSA) is 64.3 Å². The number of anilines is 2. The third-order valence-corrected chi connectivity index (χ3v) is 4.66. The van der Waals surface area contributed by atoms with E-state index in [-0.39, 0.29) is 11.7 Å². The molecule has 110 valence electrons. The number of nitrogens with two attached hydrogens (primary N) is 1. The molecule has 1 heterocycles. The van der Waals surface area contributed by atoms with E-state index in [0.29, 0.717) is 17.1 Å². The Hall–Kier alpha value is -2.01. The van der Waals surface area contributed by atoms with Crippen molar-refractivity contribution in [1.82, 2.24) is 0 Å². The molecule has 1 aromatic heterocycles. The number of carbonyl (C=O) groups is 1. The van der Waals surface area contributed by atoms with Gasteiger partial charge in [-0.15, -0.1) is 11.3 Å². The zero-order valence-electron chi connectivity index (χ0n) is 11.9. The molecule has 0 bridgehead atoms. The molecular weight excluding hydrogens is 284 g/mol. The van der Waals surface area contributed by atoms with E-state index in [4.69, 9.17) is 10.5 Å². The number of methoxy groups -OCH3 is 1. The molecule has 4 nitrogen and oxygen atoms in total. The van der Waals surface area contributed by atoms with Crippen LogP contribution >= 0.6 is 11.3 Å². The van der Waals surface area contributed by atoms with Crippen LogP contribution in [0.1, 0.15) is 28.1 Å². The molecule has 0 aliphatic heterocycles. The van der Waals surface area contributed by atoms with Gasteiger partial charge in [-0.25, -0.2) is 0 Å². The second-order valence-electron chi connectivity index (χ2n) is 5.24. The van der Waals surface area contributed by atoms with Crippen molar-refractivity contribution < 1.29 is 9.53 Å². The van der Waals surface area contributed by atoms with E-state index in [1.165, 1.54) is 11.3 Å². The average Bonchev–Trinajstić information content (AvgIpc) is 3.28. The van der Waals surface area contributed by atoms with Crippen LogP contribution in [-0.4, -0.2) is 12.9 Å². The van der Waals surface area contributed by atoms with Crippen LogP contribution in [0, 0.1) is 5.92 Å². The largest absolute Gasteiger partial charge is 0.497 e. The average molecular weight is 302 g/mol. The summed E-state index contributed by atoms with van der Waals surface area (Å²) < 4.78 is 5.21. The Morgan fingerprint density at radius 3 is 2.95 bits per heavy atom. The van der Waals surface area contributed by atoms with Crippen LogP contribution in [0.4, 0.5) is 10.7 Å². The van der Waals surface area contributed by atoms with Gasteiger partial charge in [-0.3, -0.25) is 4.79 Å². The summed E-state index contributed by atoms with van der Waals surface area (Å²) in [6.45, 7) is 0.675. The fraction of sp³-hybridized carbons (Fsp3) is 0.312. The van der Waals surface area contributed by atoms with E-state index in [1.807, 2.05) is 30.3 Å². The summed E-state index contributed by atoms with van der Waals surface area (Å²) in [6.07, 6.45) is 2.01. The van der Waals surface area contributed by atoms with E-state index in [2.05, 4.69) is 5.32 Å². The lowest BCUT2D eigenvalue weighted by atomic mass is 10.2. The molecule has 1 aliphatic rings. The van der Waals surface area contributed by atoms with Gasteiger partial charge in [-0.05, 0) is 36.6 Å². The third kappa shape index (κ3) is 3.19. The van der Waals surface area contributed by atoms with Crippen molar-refractivity contribution in [2.24, 2.45) is 5.92 Å². The van der Waals surface area contributed by atoms with Crippen LogP contribution in [0.3, 0.4) is 0 Å². The van der Waals surface area contributed by atoms with Gasteiger partial charge in [0.05, 0.1) is 22.7 Å². The first-order valence-corrected chi connectivity index (χ1v) is 7.79. The van der Waals surface area contributed by atoms with Gasteiger partial charge in [0, 0.05) is 12.5 Å². The van der Waals surface area contributed by atoms with Crippen molar-refractivity contribution in [2.45, 2.75) is 19.4 Å². The number of carbonyl (C=O) groups excluding carboxylic acids is 1. The molecule has 2 aromatic rings. The maximum Gasteiger partial charge on any atom is 0.178 e. The van der Waals surface area contributed by atoms with Crippen LogP contribution in [0.2, 0.25) is 0 Å². The summed E-state index contributed by atoms with van der Waals surface area (Å²) in [7, 11) is 1.66. The quantitative estimate of drug-likeness (QED) is 0.801. The number of hydrogen-bond acceptors (Lipinski definition) is 5. The lowest BCUT2D eigenvalue weighted by Gasteiger charge is -2.05. The van der Waals surface area contributed by atoms with Crippen LogP contribution in [0.5, 0.6) is 5.75 Å². The summed E-state index contributed by atoms with van der Waals surface area (Å²) in [5.41, 5.74) is 7.66. The zero-order chi connectivity index (χ0) is 14.8. The van der Waals surface area contributed by atoms with E-state index >= 15 is 0 Å². The number of rotatable bonds is 6. The third-order valence-electron chi connectivity index (χ3n) is 3.53. The Kier molecular flexibility index (Phi) is 3.84. The zero-order valence-corrected chi connectivity index (χ0v) is 12.7. The molecule has 5 heteroatoms. The van der Waals surface area contributed by atoms with Gasteiger partial charge in [0.1, 0.15) is 5.75 Å². The standard InChI is InChI=1S/C16H18N2O2S/c1-20-12-4-2-3-10(7-12)9-18-14-8-13(17)16(21-14)15(19)11-5-6-11/h2-4,7-8,11,18H,5-6,9,17H2,1H3. The normalized spacial score (nSPS) is 14.0. The maximum absolute atomic E-state index is 12.1. The van der Waals surface area contributed by atoms with Crippen LogP contribution < -0.4 is 15.8 Å². The molecule has 3 N–H and O–H groups in total. The highest BCUT2D eigenvalue weighted by Gasteiger charge is 2.32. The minimum absolute atomic E-state index is 0.201. The monoisotopic (exact) mass is 302 g/mol. The fourth-order valence-corrected chi connectivity index (χ4v) is 3.18. The van der Waals surface area contributed by atoms with Gasteiger partial charge in [-0.2, -0.15) is 0 Å². The van der Waals surface area contributed by atoms with Crippen LogP contribution in [-0.2, 0) is 6.54 Å². The molecule has 0 radical (unpaired) electrons. The van der Waals surface area contributed by atoms with Gasteiger partial charge >= 0.3 is 0 Å².